The quantitative estimate of drug-likeness (QED) is 0.141. The molecule has 4 nitrogen and oxygen atoms in total. The van der Waals surface area contributed by atoms with Crippen LogP contribution in [0.1, 0.15) is 109 Å². The van der Waals surface area contributed by atoms with Gasteiger partial charge in [0.25, 0.3) is 0 Å². The normalized spacial score (nSPS) is 16.2. The molecule has 0 atom stereocenters. The van der Waals surface area contributed by atoms with E-state index in [1.54, 1.807) is 0 Å². The molecule has 0 aliphatic carbocycles. The molecule has 17 aromatic rings. The fraction of sp³-hybridized carbons (Fsp3) is 0.128. The molecule has 0 radical (unpaired) electrons. The molecule has 0 fully saturated rings. The molecule has 0 amide bonds. The van der Waals surface area contributed by atoms with Crippen LogP contribution in [0.15, 0.2) is 291 Å². The van der Waals surface area contributed by atoms with E-state index in [9.17, 15) is 24.7 Å². The molecule has 0 spiro atoms. The molecule has 19 rings (SSSR count). The Morgan fingerprint density at radius 1 is 0.337 bits per heavy atom. The van der Waals surface area contributed by atoms with Crippen LogP contribution in [0, 0.1) is 0 Å². The van der Waals surface area contributed by atoms with Crippen molar-refractivity contribution in [3.8, 4) is 55.9 Å². The van der Waals surface area contributed by atoms with Crippen LogP contribution in [0.4, 0.5) is 34.1 Å². The molecule has 0 N–H and O–H groups in total. The Morgan fingerprint density at radius 2 is 0.653 bits per heavy atom. The Morgan fingerprint density at radius 3 is 1.00 bits per heavy atom. The van der Waals surface area contributed by atoms with Gasteiger partial charge in [-0.05, 0) is 0 Å². The summed E-state index contributed by atoms with van der Waals surface area (Å²) in [6.45, 7) is 17.3. The van der Waals surface area contributed by atoms with Gasteiger partial charge in [-0.15, -0.1) is 0 Å². The summed E-state index contributed by atoms with van der Waals surface area (Å²) in [6.07, 6.45) is 0. The molecule has 101 heavy (non-hydrogen) atoms. The summed E-state index contributed by atoms with van der Waals surface area (Å²) in [5, 5.41) is -0.139. The van der Waals surface area contributed by atoms with E-state index < -0.39 is 173 Å². The topological polar surface area (TPSA) is 16.3 Å². The van der Waals surface area contributed by atoms with E-state index in [0.717, 1.165) is 33.4 Å². The molecule has 486 valence electrons. The SMILES string of the molecule is [2H]c1c([2H])c(-n2c3[se]c4c([2H])c([2H])c([2H])c([2H])c4c3c3c([2H])c([2H])c([2H])c([2H])c32)c([2H])c2c1B1c3c(cc(C(C)(C)C)cc3N(c3c(-c4ccccc4)cc(C(C)(C)C)cc3-c3ccccc3)c3c([2H])c(-n4c5[se]c6c([2H])c([2H])c([2H])c([2H])c6c5c5c([2H])c([2H])c([2H])c([2H])c54)c([2H])c([2H])c31)N2c1c(-c2ccccc2)cc(C(C)(C)C)cc1-c1ccccc1. The van der Waals surface area contributed by atoms with E-state index in [4.69, 9.17) is 5.48 Å². The van der Waals surface area contributed by atoms with Crippen LogP contribution in [-0.4, -0.2) is 44.9 Å². The molecule has 2 aliphatic rings. The molecule has 7 heteroatoms. The van der Waals surface area contributed by atoms with Crippen molar-refractivity contribution in [1.82, 2.24) is 9.13 Å². The van der Waals surface area contributed by atoms with Crippen LogP contribution < -0.4 is 26.2 Å². The third kappa shape index (κ3) is 9.76. The first kappa shape index (κ1) is 42.7. The summed E-state index contributed by atoms with van der Waals surface area (Å²) >= 11 is -2.42. The van der Waals surface area contributed by atoms with Crippen LogP contribution in [0.5, 0.6) is 0 Å². The molecular weight excluding hydrogens is 1350 g/mol. The zero-order valence-corrected chi connectivity index (χ0v) is 60.1. The van der Waals surface area contributed by atoms with E-state index >= 15 is 0 Å². The van der Waals surface area contributed by atoms with Gasteiger partial charge >= 0.3 is 638 Å². The molecular formula is C94H75BN4Se2. The molecule has 0 unspecified atom stereocenters. The predicted molar refractivity (Wildman–Crippen MR) is 436 cm³/mol. The predicted octanol–water partition coefficient (Wildman–Crippen LogP) is 22.9. The minimum absolute atomic E-state index is 0.000666. The Labute approximate surface area is 634 Å². The third-order valence-corrected chi connectivity index (χ3v) is 24.5. The molecule has 4 aromatic heterocycles. The zero-order valence-electron chi connectivity index (χ0n) is 78.7. The van der Waals surface area contributed by atoms with Crippen LogP contribution in [0.25, 0.3) is 117 Å². The van der Waals surface area contributed by atoms with Crippen molar-refractivity contribution in [2.45, 2.75) is 78.6 Å². The molecule has 2 aliphatic heterocycles. The van der Waals surface area contributed by atoms with Gasteiger partial charge < -0.3 is 0 Å². The van der Waals surface area contributed by atoms with E-state index in [-0.39, 0.29) is 106 Å². The van der Waals surface area contributed by atoms with Crippen molar-refractivity contribution in [2.75, 3.05) is 9.80 Å². The van der Waals surface area contributed by atoms with Gasteiger partial charge in [-0.3, -0.25) is 0 Å². The fourth-order valence-corrected chi connectivity index (χ4v) is 19.7. The van der Waals surface area contributed by atoms with Crippen LogP contribution >= 0.6 is 0 Å². The molecule has 0 saturated carbocycles. The molecule has 13 aromatic carbocycles. The van der Waals surface area contributed by atoms with Gasteiger partial charge in [0.2, 0.25) is 0 Å². The maximum absolute atomic E-state index is 11.9. The van der Waals surface area contributed by atoms with Crippen molar-refractivity contribution in [1.29, 1.82) is 0 Å². The molecule has 0 saturated heterocycles. The van der Waals surface area contributed by atoms with Gasteiger partial charge in [0.15, 0.2) is 0 Å². The molecule has 6 heterocycles. The summed E-state index contributed by atoms with van der Waals surface area (Å²) in [5.41, 5.74) is 6.75. The van der Waals surface area contributed by atoms with E-state index in [1.165, 1.54) is 9.13 Å². The number of fused-ring (bicyclic) bond motifs is 14. The first-order chi connectivity index (χ1) is 58.2. The van der Waals surface area contributed by atoms with Gasteiger partial charge in [-0.25, -0.2) is 0 Å². The fourth-order valence-electron chi connectivity index (χ4n) is 14.9. The van der Waals surface area contributed by atoms with Gasteiger partial charge in [0.05, 0.1) is 0 Å². The second-order valence-electron chi connectivity index (χ2n) is 29.1. The average molecular weight is 1450 g/mol. The van der Waals surface area contributed by atoms with Crippen LogP contribution in [0.2, 0.25) is 0 Å². The number of anilines is 6. The number of benzene rings is 13. The minimum atomic E-state index is -1.56. The Hall–Kier alpha value is -10.4. The Kier molecular flexibility index (Phi) is 9.76. The van der Waals surface area contributed by atoms with E-state index in [2.05, 4.69) is 86.6 Å². The standard InChI is InChI=1S/C94H75BN4Se2/c1-92(2,3)62-50-71(58-30-14-10-15-31-58)88(72(51-62)59-32-16-11-17-33-59)98-79-56-65(96-77-42-26-22-38-67(77)85-69-40-24-28-44-83(69)100-90(85)96)46-48-75(79)95-76-49-47-66(97-78-43-27-23-39-68(78)86-70-41-25-29-45-84(70)101-91(86)97)57-80(76)99(82-55-64(94(7,8)9)54-81(98)87(82)95)89-73(60-34-18-12-19-35-60)52-63(93(4,5)6)53-74(89)61-36-20-13-21-37-61/h10-57H,1-9H3/i22D,23D,24D,25D,26D,27D,28D,29D,38D,39D,40D,41D,42D,43D,44D,45D,46D,47D,48D,49D,56D,57D. The monoisotopic (exact) mass is 1450 g/mol. The number of para-hydroxylation sites is 2. The third-order valence-electron chi connectivity index (χ3n) is 19.9. The number of hydrogen-bond acceptors (Lipinski definition) is 2. The van der Waals surface area contributed by atoms with Crippen molar-refractivity contribution >= 4 is 147 Å². The van der Waals surface area contributed by atoms with Crippen LogP contribution in [0.3, 0.4) is 0 Å². The zero-order chi connectivity index (χ0) is 87.5. The van der Waals surface area contributed by atoms with Crippen molar-refractivity contribution in [3.05, 3.63) is 307 Å². The summed E-state index contributed by atoms with van der Waals surface area (Å²) in [5.74, 6) is 0. The molecule has 0 bridgehead atoms. The van der Waals surface area contributed by atoms with Crippen molar-refractivity contribution in [2.24, 2.45) is 0 Å². The van der Waals surface area contributed by atoms with E-state index in [0.29, 0.717) is 56.0 Å². The van der Waals surface area contributed by atoms with E-state index in [1.807, 2.05) is 143 Å². The Balaban J connectivity index is 1.09. The number of hydrogen-bond donors (Lipinski definition) is 0. The van der Waals surface area contributed by atoms with Crippen LogP contribution in [-0.2, 0) is 16.2 Å². The number of rotatable bonds is 8. The second kappa shape index (κ2) is 23.1. The number of nitrogens with zero attached hydrogens (tertiary/aromatic N) is 4. The van der Waals surface area contributed by atoms with Crippen molar-refractivity contribution < 1.29 is 30.2 Å². The maximum atomic E-state index is 11.9. The first-order valence-electron chi connectivity index (χ1n) is 44.7. The second-order valence-corrected chi connectivity index (χ2v) is 33.3. The summed E-state index contributed by atoms with van der Waals surface area (Å²) in [6, 6.07) is 39.5. The summed E-state index contributed by atoms with van der Waals surface area (Å²) < 4.78 is 224. The average Bonchev–Trinajstić information content (AvgIpc) is 1.66. The summed E-state index contributed by atoms with van der Waals surface area (Å²) in [4.78, 5) is 3.95. The first-order valence-corrected chi connectivity index (χ1v) is 37.1. The van der Waals surface area contributed by atoms with Gasteiger partial charge in [0, 0.05) is 0 Å². The number of aromatic nitrogens is 2. The van der Waals surface area contributed by atoms with Gasteiger partial charge in [0.1, 0.15) is 0 Å². The van der Waals surface area contributed by atoms with Gasteiger partial charge in [-0.1, -0.05) is 0 Å². The van der Waals surface area contributed by atoms with Crippen molar-refractivity contribution in [3.63, 3.8) is 0 Å². The summed E-state index contributed by atoms with van der Waals surface area (Å²) in [7, 11) is 0. The Bertz CT molecular complexity index is 7040. The van der Waals surface area contributed by atoms with Gasteiger partial charge in [-0.2, -0.15) is 0 Å².